The summed E-state index contributed by atoms with van der Waals surface area (Å²) in [6.45, 7) is 10.9. The monoisotopic (exact) mass is 278 g/mol. The first kappa shape index (κ1) is 17.0. The van der Waals surface area contributed by atoms with Gasteiger partial charge < -0.3 is 15.3 Å². The summed E-state index contributed by atoms with van der Waals surface area (Å²) in [5.74, 6) is 0. The Morgan fingerprint density at radius 1 is 1.20 bits per heavy atom. The van der Waals surface area contributed by atoms with Crippen LogP contribution in [0.5, 0.6) is 0 Å². The predicted molar refractivity (Wildman–Crippen MR) is 87.3 cm³/mol. The fourth-order valence-electron chi connectivity index (χ4n) is 2.66. The van der Waals surface area contributed by atoms with Crippen molar-refractivity contribution in [2.45, 2.75) is 52.6 Å². The van der Waals surface area contributed by atoms with Crippen LogP contribution >= 0.6 is 0 Å². The molecular formula is C17H30N2O. The zero-order chi connectivity index (χ0) is 15.0. The van der Waals surface area contributed by atoms with Crippen molar-refractivity contribution < 1.29 is 5.11 Å². The zero-order valence-electron chi connectivity index (χ0n) is 13.4. The maximum Gasteiger partial charge on any atom is 0.0447 e. The number of nitrogens with one attached hydrogen (secondary N) is 1. The quantitative estimate of drug-likeness (QED) is 0.727. The summed E-state index contributed by atoms with van der Waals surface area (Å²) in [6.07, 6.45) is 1.89. The van der Waals surface area contributed by atoms with Crippen molar-refractivity contribution in [2.75, 3.05) is 24.6 Å². The number of aliphatic hydroxyl groups excluding tert-OH is 1. The first-order chi connectivity index (χ1) is 9.65. The molecule has 3 heteroatoms. The van der Waals surface area contributed by atoms with Crippen molar-refractivity contribution in [1.82, 2.24) is 5.32 Å². The summed E-state index contributed by atoms with van der Waals surface area (Å²) in [7, 11) is 0. The number of nitrogens with zero attached hydrogens (tertiary/aromatic N) is 1. The minimum absolute atomic E-state index is 0.246. The Balaban J connectivity index is 3.07. The molecular weight excluding hydrogens is 248 g/mol. The zero-order valence-corrected chi connectivity index (χ0v) is 13.4. The molecule has 1 aromatic rings. The van der Waals surface area contributed by atoms with Gasteiger partial charge in [0, 0.05) is 30.9 Å². The Hall–Kier alpha value is -1.06. The van der Waals surface area contributed by atoms with Crippen LogP contribution in [0.15, 0.2) is 24.3 Å². The van der Waals surface area contributed by atoms with Gasteiger partial charge in [-0.05, 0) is 44.9 Å². The molecule has 0 amide bonds. The molecule has 20 heavy (non-hydrogen) atoms. The van der Waals surface area contributed by atoms with Crippen LogP contribution < -0.4 is 10.2 Å². The van der Waals surface area contributed by atoms with Crippen molar-refractivity contribution in [3.8, 4) is 0 Å². The fraction of sp³-hybridized carbons (Fsp3) is 0.647. The van der Waals surface area contributed by atoms with Crippen molar-refractivity contribution in [3.05, 3.63) is 29.8 Å². The second-order valence-electron chi connectivity index (χ2n) is 5.44. The lowest BCUT2D eigenvalue weighted by atomic mass is 10.0. The molecule has 0 saturated heterocycles. The lowest BCUT2D eigenvalue weighted by Gasteiger charge is -2.33. The third kappa shape index (κ3) is 4.50. The number of para-hydroxylation sites is 1. The van der Waals surface area contributed by atoms with Crippen LogP contribution in [0.4, 0.5) is 5.69 Å². The first-order valence-electron chi connectivity index (χ1n) is 7.85. The van der Waals surface area contributed by atoms with Crippen molar-refractivity contribution in [2.24, 2.45) is 0 Å². The third-order valence-electron chi connectivity index (χ3n) is 3.66. The number of rotatable bonds is 9. The van der Waals surface area contributed by atoms with E-state index in [-0.39, 0.29) is 6.61 Å². The Morgan fingerprint density at radius 2 is 1.90 bits per heavy atom. The van der Waals surface area contributed by atoms with Gasteiger partial charge in [0.15, 0.2) is 0 Å². The topological polar surface area (TPSA) is 35.5 Å². The van der Waals surface area contributed by atoms with Crippen LogP contribution in [0.3, 0.4) is 0 Å². The highest BCUT2D eigenvalue weighted by Gasteiger charge is 2.18. The fourth-order valence-corrected chi connectivity index (χ4v) is 2.66. The van der Waals surface area contributed by atoms with Gasteiger partial charge in [0.2, 0.25) is 0 Å². The average molecular weight is 278 g/mol. The van der Waals surface area contributed by atoms with E-state index >= 15 is 0 Å². The van der Waals surface area contributed by atoms with E-state index in [1.807, 2.05) is 0 Å². The first-order valence-corrected chi connectivity index (χ1v) is 7.85. The van der Waals surface area contributed by atoms with Gasteiger partial charge in [0.05, 0.1) is 0 Å². The number of benzene rings is 1. The van der Waals surface area contributed by atoms with E-state index in [1.54, 1.807) is 0 Å². The molecule has 2 N–H and O–H groups in total. The number of hydrogen-bond acceptors (Lipinski definition) is 3. The maximum absolute atomic E-state index is 9.11. The van der Waals surface area contributed by atoms with Gasteiger partial charge in [-0.15, -0.1) is 0 Å². The number of aliphatic hydroxyl groups is 1. The molecule has 0 aliphatic heterocycles. The van der Waals surface area contributed by atoms with Gasteiger partial charge in [-0.2, -0.15) is 0 Å². The molecule has 0 fully saturated rings. The van der Waals surface area contributed by atoms with E-state index in [1.165, 1.54) is 11.3 Å². The molecule has 0 aliphatic carbocycles. The smallest absolute Gasteiger partial charge is 0.0447 e. The summed E-state index contributed by atoms with van der Waals surface area (Å²) in [4.78, 5) is 2.39. The summed E-state index contributed by atoms with van der Waals surface area (Å²) in [6, 6.07) is 9.47. The van der Waals surface area contributed by atoms with Gasteiger partial charge in [0.25, 0.3) is 0 Å². The van der Waals surface area contributed by atoms with Gasteiger partial charge in [-0.3, -0.25) is 0 Å². The van der Waals surface area contributed by atoms with Crippen molar-refractivity contribution in [1.29, 1.82) is 0 Å². The largest absolute Gasteiger partial charge is 0.396 e. The minimum atomic E-state index is 0.246. The molecule has 0 saturated carbocycles. The van der Waals surface area contributed by atoms with E-state index in [0.29, 0.717) is 12.1 Å². The maximum atomic E-state index is 9.11. The summed E-state index contributed by atoms with van der Waals surface area (Å²) in [5.41, 5.74) is 2.66. The van der Waals surface area contributed by atoms with Crippen LogP contribution in [0.25, 0.3) is 0 Å². The normalized spacial score (nSPS) is 12.7. The Labute approximate surface area is 124 Å². The second kappa shape index (κ2) is 8.98. The van der Waals surface area contributed by atoms with E-state index in [2.05, 4.69) is 62.2 Å². The lowest BCUT2D eigenvalue weighted by Crippen LogP contribution is -2.34. The Kier molecular flexibility index (Phi) is 7.63. The summed E-state index contributed by atoms with van der Waals surface area (Å²) < 4.78 is 0. The SMILES string of the molecule is CCNC(CC)c1ccccc1N(CCCO)C(C)C. The van der Waals surface area contributed by atoms with Gasteiger partial charge in [-0.1, -0.05) is 32.0 Å². The van der Waals surface area contributed by atoms with Gasteiger partial charge >= 0.3 is 0 Å². The predicted octanol–water partition coefficient (Wildman–Crippen LogP) is 3.34. The molecule has 0 aliphatic rings. The molecule has 114 valence electrons. The van der Waals surface area contributed by atoms with E-state index < -0.39 is 0 Å². The molecule has 0 heterocycles. The Bertz CT molecular complexity index is 379. The second-order valence-corrected chi connectivity index (χ2v) is 5.44. The standard InChI is InChI=1S/C17H30N2O/c1-5-16(18-6-2)15-10-7-8-11-17(15)19(14(3)4)12-9-13-20/h7-8,10-11,14,16,18,20H,5-6,9,12-13H2,1-4H3. The highest BCUT2D eigenvalue weighted by Crippen LogP contribution is 2.29. The van der Waals surface area contributed by atoms with E-state index in [9.17, 15) is 0 Å². The summed E-state index contributed by atoms with van der Waals surface area (Å²) >= 11 is 0. The molecule has 1 atom stereocenters. The van der Waals surface area contributed by atoms with Crippen LogP contribution in [0, 0.1) is 0 Å². The highest BCUT2D eigenvalue weighted by atomic mass is 16.3. The molecule has 1 rings (SSSR count). The van der Waals surface area contributed by atoms with Gasteiger partial charge in [0.1, 0.15) is 0 Å². The van der Waals surface area contributed by atoms with Crippen LogP contribution in [0.1, 0.15) is 52.1 Å². The molecule has 0 aromatic heterocycles. The van der Waals surface area contributed by atoms with Crippen LogP contribution in [-0.4, -0.2) is 30.8 Å². The minimum Gasteiger partial charge on any atom is -0.396 e. The lowest BCUT2D eigenvalue weighted by molar-refractivity contribution is 0.288. The molecule has 0 radical (unpaired) electrons. The third-order valence-corrected chi connectivity index (χ3v) is 3.66. The number of anilines is 1. The Morgan fingerprint density at radius 3 is 2.45 bits per heavy atom. The molecule has 0 spiro atoms. The molecule has 1 unspecified atom stereocenters. The van der Waals surface area contributed by atoms with E-state index in [4.69, 9.17) is 5.11 Å². The van der Waals surface area contributed by atoms with Crippen molar-refractivity contribution >= 4 is 5.69 Å². The molecule has 1 aromatic carbocycles. The van der Waals surface area contributed by atoms with Gasteiger partial charge in [-0.25, -0.2) is 0 Å². The number of hydrogen-bond donors (Lipinski definition) is 2. The van der Waals surface area contributed by atoms with Crippen LogP contribution in [-0.2, 0) is 0 Å². The summed E-state index contributed by atoms with van der Waals surface area (Å²) in [5, 5.41) is 12.7. The average Bonchev–Trinajstić information content (AvgIpc) is 2.45. The highest BCUT2D eigenvalue weighted by molar-refractivity contribution is 5.55. The van der Waals surface area contributed by atoms with E-state index in [0.717, 1.165) is 25.9 Å². The molecule has 3 nitrogen and oxygen atoms in total. The van der Waals surface area contributed by atoms with Crippen LogP contribution in [0.2, 0.25) is 0 Å². The molecule has 0 bridgehead atoms. The van der Waals surface area contributed by atoms with Crippen molar-refractivity contribution in [3.63, 3.8) is 0 Å².